The molecule has 0 amide bonds. The summed E-state index contributed by atoms with van der Waals surface area (Å²) >= 11 is 0. The lowest BCUT2D eigenvalue weighted by Crippen LogP contribution is -2.32. The average molecular weight is 222 g/mol. The predicted octanol–water partition coefficient (Wildman–Crippen LogP) is 3.89. The first-order valence-corrected chi connectivity index (χ1v) is 7.12. The molecule has 0 aromatic carbocycles. The van der Waals surface area contributed by atoms with E-state index < -0.39 is 0 Å². The Hall–Kier alpha value is -1.04. The van der Waals surface area contributed by atoms with Crippen LogP contribution in [0.3, 0.4) is 0 Å². The van der Waals surface area contributed by atoms with E-state index >= 15 is 0 Å². The number of hydrogen-bond acceptors (Lipinski definition) is 0. The number of allylic oxidation sites excluding steroid dienone is 8. The minimum atomic E-state index is 0.461. The van der Waals surface area contributed by atoms with Gasteiger partial charge in [-0.1, -0.05) is 48.1 Å². The van der Waals surface area contributed by atoms with Crippen LogP contribution in [0.5, 0.6) is 0 Å². The van der Waals surface area contributed by atoms with Crippen LogP contribution in [0.2, 0.25) is 0 Å². The fourth-order valence-corrected chi connectivity index (χ4v) is 5.75. The molecular formula is C17H18. The molecule has 0 N–H and O–H groups in total. The van der Waals surface area contributed by atoms with E-state index in [4.69, 9.17) is 0 Å². The van der Waals surface area contributed by atoms with Gasteiger partial charge in [0.2, 0.25) is 0 Å². The van der Waals surface area contributed by atoms with Gasteiger partial charge in [0.15, 0.2) is 0 Å². The van der Waals surface area contributed by atoms with E-state index in [9.17, 15) is 0 Å². The van der Waals surface area contributed by atoms with Gasteiger partial charge in [0.05, 0.1) is 0 Å². The highest BCUT2D eigenvalue weighted by Gasteiger charge is 2.63. The van der Waals surface area contributed by atoms with Crippen molar-refractivity contribution in [1.82, 2.24) is 0 Å². The Labute approximate surface area is 103 Å². The van der Waals surface area contributed by atoms with Crippen molar-refractivity contribution < 1.29 is 0 Å². The molecule has 2 saturated carbocycles. The van der Waals surface area contributed by atoms with Gasteiger partial charge < -0.3 is 0 Å². The molecule has 86 valence electrons. The molecule has 0 aliphatic heterocycles. The third kappa shape index (κ3) is 0.863. The molecule has 5 aliphatic rings. The number of hydrogen-bond donors (Lipinski definition) is 0. The molecule has 0 nitrogen and oxygen atoms in total. The molecule has 5 rings (SSSR count). The first kappa shape index (κ1) is 8.97. The Balaban J connectivity index is 1.66. The minimum absolute atomic E-state index is 0.461. The van der Waals surface area contributed by atoms with Crippen molar-refractivity contribution in [2.45, 2.75) is 19.3 Å². The summed E-state index contributed by atoms with van der Waals surface area (Å²) in [5.41, 5.74) is 2.17. The van der Waals surface area contributed by atoms with E-state index in [-0.39, 0.29) is 0 Å². The lowest BCUT2D eigenvalue weighted by Gasteiger charge is -2.39. The van der Waals surface area contributed by atoms with Crippen LogP contribution >= 0.6 is 0 Å². The van der Waals surface area contributed by atoms with E-state index in [0.29, 0.717) is 5.41 Å². The highest BCUT2D eigenvalue weighted by molar-refractivity contribution is 5.42. The normalized spacial score (nSPS) is 56.0. The third-order valence-corrected chi connectivity index (χ3v) is 6.19. The van der Waals surface area contributed by atoms with Gasteiger partial charge in [-0.15, -0.1) is 0 Å². The monoisotopic (exact) mass is 222 g/mol. The smallest absolute Gasteiger partial charge is 0.0140 e. The van der Waals surface area contributed by atoms with Gasteiger partial charge in [-0.3, -0.25) is 0 Å². The van der Waals surface area contributed by atoms with E-state index in [2.05, 4.69) is 42.5 Å². The van der Waals surface area contributed by atoms with Crippen LogP contribution in [0, 0.1) is 35.0 Å². The molecule has 2 fully saturated rings. The second-order valence-electron chi connectivity index (χ2n) is 6.64. The summed E-state index contributed by atoms with van der Waals surface area (Å²) in [6.07, 6.45) is 21.3. The van der Waals surface area contributed by atoms with Crippen LogP contribution in [0.4, 0.5) is 0 Å². The Morgan fingerprint density at radius 3 is 2.88 bits per heavy atom. The Morgan fingerprint density at radius 2 is 2.00 bits per heavy atom. The van der Waals surface area contributed by atoms with E-state index in [0.717, 1.165) is 29.6 Å². The highest BCUT2D eigenvalue weighted by atomic mass is 14.7. The van der Waals surface area contributed by atoms with Gasteiger partial charge in [0, 0.05) is 5.41 Å². The first-order valence-electron chi connectivity index (χ1n) is 7.12. The Morgan fingerprint density at radius 1 is 1.06 bits per heavy atom. The van der Waals surface area contributed by atoms with Crippen LogP contribution in [0.1, 0.15) is 19.3 Å². The van der Waals surface area contributed by atoms with Crippen molar-refractivity contribution in [1.29, 1.82) is 0 Å². The minimum Gasteiger partial charge on any atom is -0.0848 e. The first-order chi connectivity index (χ1) is 8.38. The van der Waals surface area contributed by atoms with Crippen LogP contribution < -0.4 is 0 Å². The molecule has 4 bridgehead atoms. The molecular weight excluding hydrogens is 204 g/mol. The summed E-state index contributed by atoms with van der Waals surface area (Å²) in [7, 11) is 0. The van der Waals surface area contributed by atoms with Crippen LogP contribution in [0.15, 0.2) is 48.1 Å². The number of rotatable bonds is 1. The lowest BCUT2D eigenvalue weighted by atomic mass is 9.65. The molecule has 0 heteroatoms. The van der Waals surface area contributed by atoms with Gasteiger partial charge in [-0.2, -0.15) is 0 Å². The molecule has 17 heavy (non-hydrogen) atoms. The molecule has 0 saturated heterocycles. The summed E-state index contributed by atoms with van der Waals surface area (Å²) in [4.78, 5) is 0. The molecule has 5 aliphatic carbocycles. The zero-order chi connectivity index (χ0) is 11.0. The van der Waals surface area contributed by atoms with Gasteiger partial charge in [-0.05, 0) is 48.9 Å². The third-order valence-electron chi connectivity index (χ3n) is 6.19. The molecule has 0 heterocycles. The summed E-state index contributed by atoms with van der Waals surface area (Å²) in [5, 5.41) is 0. The molecule has 0 spiro atoms. The molecule has 6 atom stereocenters. The summed E-state index contributed by atoms with van der Waals surface area (Å²) in [5.74, 6) is 4.62. The summed E-state index contributed by atoms with van der Waals surface area (Å²) in [6, 6.07) is 0. The highest BCUT2D eigenvalue weighted by Crippen LogP contribution is 2.70. The van der Waals surface area contributed by atoms with Gasteiger partial charge >= 0.3 is 0 Å². The van der Waals surface area contributed by atoms with Crippen LogP contribution in [-0.4, -0.2) is 0 Å². The van der Waals surface area contributed by atoms with Crippen molar-refractivity contribution in [2.75, 3.05) is 0 Å². The SMILES string of the molecule is C1=CCC(C23C=CC(C2)C2C4C=CC(C4)C23)=C1. The average Bonchev–Trinajstić information content (AvgIpc) is 3.14. The lowest BCUT2D eigenvalue weighted by molar-refractivity contribution is 0.233. The topological polar surface area (TPSA) is 0 Å². The quantitative estimate of drug-likeness (QED) is 0.466. The maximum absolute atomic E-state index is 2.59. The van der Waals surface area contributed by atoms with Crippen molar-refractivity contribution in [3.05, 3.63) is 48.1 Å². The van der Waals surface area contributed by atoms with Crippen LogP contribution in [-0.2, 0) is 0 Å². The zero-order valence-electron chi connectivity index (χ0n) is 10.0. The van der Waals surface area contributed by atoms with Gasteiger partial charge in [0.25, 0.3) is 0 Å². The Kier molecular flexibility index (Phi) is 1.42. The van der Waals surface area contributed by atoms with Crippen molar-refractivity contribution in [3.8, 4) is 0 Å². The molecule has 6 unspecified atom stereocenters. The molecule has 0 aromatic rings. The second-order valence-corrected chi connectivity index (χ2v) is 6.64. The zero-order valence-corrected chi connectivity index (χ0v) is 10.0. The fraction of sp³-hybridized carbons (Fsp3) is 0.529. The summed E-state index contributed by atoms with van der Waals surface area (Å²) in [6.45, 7) is 0. The van der Waals surface area contributed by atoms with E-state index in [1.54, 1.807) is 5.57 Å². The van der Waals surface area contributed by atoms with Gasteiger partial charge in [0.1, 0.15) is 0 Å². The van der Waals surface area contributed by atoms with Crippen molar-refractivity contribution in [3.63, 3.8) is 0 Å². The maximum Gasteiger partial charge on any atom is 0.0140 e. The Bertz CT molecular complexity index is 504. The van der Waals surface area contributed by atoms with Gasteiger partial charge in [-0.25, -0.2) is 0 Å². The summed E-state index contributed by atoms with van der Waals surface area (Å²) < 4.78 is 0. The number of fused-ring (bicyclic) bond motifs is 9. The molecule has 0 radical (unpaired) electrons. The standard InChI is InChI=1S/C17H18/c1-2-4-14(3-1)17-8-7-13(10-17)15-11-5-6-12(9-11)16(15)17/h1-3,5-8,11-13,15-16H,4,9-10H2. The second kappa shape index (κ2) is 2.68. The predicted molar refractivity (Wildman–Crippen MR) is 69.2 cm³/mol. The van der Waals surface area contributed by atoms with E-state index in [1.807, 2.05) is 0 Å². The maximum atomic E-state index is 2.59. The fourth-order valence-electron chi connectivity index (χ4n) is 5.75. The van der Waals surface area contributed by atoms with Crippen molar-refractivity contribution >= 4 is 0 Å². The van der Waals surface area contributed by atoms with Crippen LogP contribution in [0.25, 0.3) is 0 Å². The van der Waals surface area contributed by atoms with Crippen molar-refractivity contribution in [2.24, 2.45) is 35.0 Å². The molecule has 0 aromatic heterocycles. The largest absolute Gasteiger partial charge is 0.0848 e. The van der Waals surface area contributed by atoms with E-state index in [1.165, 1.54) is 19.3 Å².